The first-order chi connectivity index (χ1) is 6.77. The quantitative estimate of drug-likeness (QED) is 0.828. The van der Waals surface area contributed by atoms with E-state index in [1.54, 1.807) is 23.5 Å². The molecule has 2 aromatic rings. The zero-order valence-electron chi connectivity index (χ0n) is 7.35. The van der Waals surface area contributed by atoms with Crippen LogP contribution in [0.3, 0.4) is 0 Å². The van der Waals surface area contributed by atoms with Crippen LogP contribution in [0.1, 0.15) is 17.2 Å². The van der Waals surface area contributed by atoms with Gasteiger partial charge in [-0.15, -0.1) is 0 Å². The molecule has 0 aliphatic carbocycles. The maximum atomic E-state index is 9.94. The lowest BCUT2D eigenvalue weighted by Gasteiger charge is -2.08. The Labute approximate surface area is 91.6 Å². The van der Waals surface area contributed by atoms with Gasteiger partial charge in [-0.05, 0) is 40.1 Å². The molecule has 1 aromatic carbocycles. The van der Waals surface area contributed by atoms with Gasteiger partial charge in [-0.1, -0.05) is 23.7 Å². The predicted octanol–water partition coefficient (Wildman–Crippen LogP) is 3.48. The summed E-state index contributed by atoms with van der Waals surface area (Å²) in [5.74, 6) is 0. The predicted molar refractivity (Wildman–Crippen MR) is 59.8 cm³/mol. The van der Waals surface area contributed by atoms with E-state index in [1.165, 1.54) is 0 Å². The van der Waals surface area contributed by atoms with Crippen molar-refractivity contribution in [2.45, 2.75) is 6.10 Å². The van der Waals surface area contributed by atoms with E-state index < -0.39 is 6.10 Å². The lowest BCUT2D eigenvalue weighted by molar-refractivity contribution is 0.221. The van der Waals surface area contributed by atoms with Crippen LogP contribution in [-0.4, -0.2) is 5.11 Å². The highest BCUT2D eigenvalue weighted by atomic mass is 35.5. The van der Waals surface area contributed by atoms with Gasteiger partial charge in [0.2, 0.25) is 0 Å². The Kier molecular flexibility index (Phi) is 2.87. The van der Waals surface area contributed by atoms with Gasteiger partial charge in [0.1, 0.15) is 6.10 Å². The van der Waals surface area contributed by atoms with Crippen molar-refractivity contribution in [3.8, 4) is 0 Å². The van der Waals surface area contributed by atoms with Crippen molar-refractivity contribution in [3.63, 3.8) is 0 Å². The number of halogens is 1. The maximum Gasteiger partial charge on any atom is 0.105 e. The number of hydrogen-bond donors (Lipinski definition) is 1. The number of hydrogen-bond acceptors (Lipinski definition) is 2. The third-order valence-electron chi connectivity index (χ3n) is 2.04. The van der Waals surface area contributed by atoms with Gasteiger partial charge in [0, 0.05) is 5.02 Å². The smallest absolute Gasteiger partial charge is 0.105 e. The van der Waals surface area contributed by atoms with Crippen LogP contribution in [-0.2, 0) is 0 Å². The van der Waals surface area contributed by atoms with Crippen LogP contribution in [0, 0.1) is 0 Å². The van der Waals surface area contributed by atoms with Gasteiger partial charge >= 0.3 is 0 Å². The molecule has 0 aliphatic rings. The van der Waals surface area contributed by atoms with Crippen molar-refractivity contribution in [2.75, 3.05) is 0 Å². The highest BCUT2D eigenvalue weighted by Gasteiger charge is 2.09. The second-order valence-electron chi connectivity index (χ2n) is 3.01. The SMILES string of the molecule is OC(c1ccc(Cl)cc1)c1ccsc1. The van der Waals surface area contributed by atoms with Gasteiger partial charge in [-0.2, -0.15) is 11.3 Å². The molecular formula is C11H9ClOS. The average Bonchev–Trinajstić information content (AvgIpc) is 2.71. The van der Waals surface area contributed by atoms with Crippen LogP contribution in [0.15, 0.2) is 41.1 Å². The fourth-order valence-corrected chi connectivity index (χ4v) is 2.07. The zero-order valence-corrected chi connectivity index (χ0v) is 8.92. The summed E-state index contributed by atoms with van der Waals surface area (Å²) in [6.45, 7) is 0. The monoisotopic (exact) mass is 224 g/mol. The Bertz CT molecular complexity index is 394. The van der Waals surface area contributed by atoms with E-state index in [9.17, 15) is 5.11 Å². The van der Waals surface area contributed by atoms with Crippen LogP contribution in [0.25, 0.3) is 0 Å². The molecule has 1 unspecified atom stereocenters. The summed E-state index contributed by atoms with van der Waals surface area (Å²) in [6.07, 6.45) is -0.543. The summed E-state index contributed by atoms with van der Waals surface area (Å²) in [7, 11) is 0. The second-order valence-corrected chi connectivity index (χ2v) is 4.23. The molecule has 0 fully saturated rings. The van der Waals surface area contributed by atoms with Crippen molar-refractivity contribution in [3.05, 3.63) is 57.2 Å². The average molecular weight is 225 g/mol. The molecular weight excluding hydrogens is 216 g/mol. The van der Waals surface area contributed by atoms with Crippen molar-refractivity contribution in [1.82, 2.24) is 0 Å². The van der Waals surface area contributed by atoms with Gasteiger partial charge < -0.3 is 5.11 Å². The topological polar surface area (TPSA) is 20.2 Å². The third kappa shape index (κ3) is 1.98. The summed E-state index contributed by atoms with van der Waals surface area (Å²) in [5, 5.41) is 14.5. The first kappa shape index (κ1) is 9.71. The van der Waals surface area contributed by atoms with E-state index in [4.69, 9.17) is 11.6 Å². The summed E-state index contributed by atoms with van der Waals surface area (Å²) < 4.78 is 0. The molecule has 72 valence electrons. The van der Waals surface area contributed by atoms with E-state index in [0.29, 0.717) is 5.02 Å². The lowest BCUT2D eigenvalue weighted by atomic mass is 10.1. The molecule has 1 heterocycles. The minimum absolute atomic E-state index is 0.543. The fraction of sp³-hybridized carbons (Fsp3) is 0.0909. The van der Waals surface area contributed by atoms with Gasteiger partial charge in [0.05, 0.1) is 0 Å². The Morgan fingerprint density at radius 1 is 1.07 bits per heavy atom. The molecule has 0 amide bonds. The minimum Gasteiger partial charge on any atom is -0.384 e. The summed E-state index contributed by atoms with van der Waals surface area (Å²) in [6, 6.07) is 9.16. The van der Waals surface area contributed by atoms with E-state index in [0.717, 1.165) is 11.1 Å². The molecule has 0 aliphatic heterocycles. The standard InChI is InChI=1S/C11H9ClOS/c12-10-3-1-8(2-4-10)11(13)9-5-6-14-7-9/h1-7,11,13H. The first-order valence-corrected chi connectivity index (χ1v) is 5.55. The van der Waals surface area contributed by atoms with E-state index in [2.05, 4.69) is 0 Å². The first-order valence-electron chi connectivity index (χ1n) is 4.23. The number of benzene rings is 1. The molecule has 3 heteroatoms. The van der Waals surface area contributed by atoms with Gasteiger partial charge in [0.25, 0.3) is 0 Å². The molecule has 1 atom stereocenters. The Morgan fingerprint density at radius 3 is 2.36 bits per heavy atom. The number of aliphatic hydroxyl groups excluding tert-OH is 1. The molecule has 1 N–H and O–H groups in total. The van der Waals surface area contributed by atoms with Gasteiger partial charge in [-0.3, -0.25) is 0 Å². The largest absolute Gasteiger partial charge is 0.384 e. The van der Waals surface area contributed by atoms with Crippen LogP contribution >= 0.6 is 22.9 Å². The molecule has 0 saturated heterocycles. The third-order valence-corrected chi connectivity index (χ3v) is 3.00. The van der Waals surface area contributed by atoms with Crippen LogP contribution in [0.5, 0.6) is 0 Å². The molecule has 1 aromatic heterocycles. The van der Waals surface area contributed by atoms with Gasteiger partial charge in [0.15, 0.2) is 0 Å². The Morgan fingerprint density at radius 2 is 1.79 bits per heavy atom. The summed E-state index contributed by atoms with van der Waals surface area (Å²) >= 11 is 7.34. The number of thiophene rings is 1. The van der Waals surface area contributed by atoms with Crippen molar-refractivity contribution in [1.29, 1.82) is 0 Å². The summed E-state index contributed by atoms with van der Waals surface area (Å²) in [5.41, 5.74) is 1.80. The van der Waals surface area contributed by atoms with E-state index in [1.807, 2.05) is 29.0 Å². The Hall–Kier alpha value is -0.830. The molecule has 14 heavy (non-hydrogen) atoms. The minimum atomic E-state index is -0.543. The number of rotatable bonds is 2. The van der Waals surface area contributed by atoms with Gasteiger partial charge in [-0.25, -0.2) is 0 Å². The molecule has 0 saturated carbocycles. The van der Waals surface area contributed by atoms with E-state index >= 15 is 0 Å². The molecule has 1 nitrogen and oxygen atoms in total. The second kappa shape index (κ2) is 4.13. The Balaban J connectivity index is 2.28. The lowest BCUT2D eigenvalue weighted by Crippen LogP contribution is -1.96. The molecule has 2 rings (SSSR count). The van der Waals surface area contributed by atoms with Crippen molar-refractivity contribution < 1.29 is 5.11 Å². The summed E-state index contributed by atoms with van der Waals surface area (Å²) in [4.78, 5) is 0. The fourth-order valence-electron chi connectivity index (χ4n) is 1.27. The maximum absolute atomic E-state index is 9.94. The highest BCUT2D eigenvalue weighted by molar-refractivity contribution is 7.07. The molecule has 0 bridgehead atoms. The van der Waals surface area contributed by atoms with Crippen LogP contribution in [0.2, 0.25) is 5.02 Å². The molecule has 0 radical (unpaired) electrons. The van der Waals surface area contributed by atoms with E-state index in [-0.39, 0.29) is 0 Å². The highest BCUT2D eigenvalue weighted by Crippen LogP contribution is 2.24. The normalized spacial score (nSPS) is 12.7. The molecule has 0 spiro atoms. The van der Waals surface area contributed by atoms with Crippen molar-refractivity contribution in [2.24, 2.45) is 0 Å². The van der Waals surface area contributed by atoms with Crippen LogP contribution < -0.4 is 0 Å². The van der Waals surface area contributed by atoms with Crippen LogP contribution in [0.4, 0.5) is 0 Å². The van der Waals surface area contributed by atoms with Crippen molar-refractivity contribution >= 4 is 22.9 Å². The number of aliphatic hydroxyl groups is 1. The zero-order chi connectivity index (χ0) is 9.97.